The lowest BCUT2D eigenvalue weighted by Gasteiger charge is -2.43. The molecule has 1 aliphatic rings. The van der Waals surface area contributed by atoms with Gasteiger partial charge in [0, 0.05) is 17.7 Å². The molecule has 158 valence electrons. The molecule has 28 heavy (non-hydrogen) atoms. The highest BCUT2D eigenvalue weighted by molar-refractivity contribution is 6.74. The molecule has 4 unspecified atom stereocenters. The molecule has 1 aromatic rings. The van der Waals surface area contributed by atoms with Crippen LogP contribution in [0.4, 0.5) is 0 Å². The first-order valence-electron chi connectivity index (χ1n) is 9.69. The largest absolute Gasteiger partial charge is 0.410 e. The number of nitrogens with one attached hydrogen (secondary N) is 1. The zero-order valence-electron chi connectivity index (χ0n) is 18.0. The van der Waals surface area contributed by atoms with Crippen molar-refractivity contribution in [3.8, 4) is 0 Å². The van der Waals surface area contributed by atoms with E-state index in [9.17, 15) is 14.7 Å². The minimum Gasteiger partial charge on any atom is -0.410 e. The second kappa shape index (κ2) is 7.74. The molecular weight excluding hydrogens is 376 g/mol. The zero-order valence-corrected chi connectivity index (χ0v) is 19.0. The molecule has 2 heterocycles. The summed E-state index contributed by atoms with van der Waals surface area (Å²) < 4.78 is 14.4. The first-order chi connectivity index (χ1) is 12.8. The Kier molecular flexibility index (Phi) is 6.30. The molecule has 2 N–H and O–H groups in total. The topological polar surface area (TPSA) is 93.5 Å². The van der Waals surface area contributed by atoms with Crippen molar-refractivity contribution in [2.45, 2.75) is 77.1 Å². The SMILES string of the molecule is C=CCC1(CO)OC(n2cc(C)c(=O)[nH]c2=O)C(C)C1O[Si](C)(C)C(C)(C)C. The van der Waals surface area contributed by atoms with Crippen molar-refractivity contribution in [2.24, 2.45) is 5.92 Å². The number of aromatic amines is 1. The Hall–Kier alpha value is -1.48. The molecular formula is C20H34N2O5Si. The lowest BCUT2D eigenvalue weighted by Crippen LogP contribution is -2.53. The smallest absolute Gasteiger partial charge is 0.330 e. The van der Waals surface area contributed by atoms with E-state index in [1.807, 2.05) is 6.92 Å². The standard InChI is InChI=1S/C20H34N2O5Si/c1-9-10-20(12-23)15(27-28(7,8)19(4,5)6)14(3)17(26-20)22-11-13(2)16(24)21-18(22)25/h9,11,14-15,17,23H,1,10,12H2,2-8H3,(H,21,24,25). The Labute approximate surface area is 167 Å². The van der Waals surface area contributed by atoms with Gasteiger partial charge in [0.25, 0.3) is 5.56 Å². The Balaban J connectivity index is 2.54. The van der Waals surface area contributed by atoms with Crippen LogP contribution < -0.4 is 11.2 Å². The van der Waals surface area contributed by atoms with Crippen LogP contribution in [0.5, 0.6) is 0 Å². The number of H-pyrrole nitrogens is 1. The van der Waals surface area contributed by atoms with Crippen LogP contribution in [-0.4, -0.2) is 41.3 Å². The van der Waals surface area contributed by atoms with Crippen molar-refractivity contribution in [3.63, 3.8) is 0 Å². The van der Waals surface area contributed by atoms with E-state index in [-0.39, 0.29) is 17.6 Å². The van der Waals surface area contributed by atoms with E-state index >= 15 is 0 Å². The fourth-order valence-corrected chi connectivity index (χ4v) is 4.86. The maximum atomic E-state index is 12.4. The highest BCUT2D eigenvalue weighted by atomic mass is 28.4. The Morgan fingerprint density at radius 2 is 2.04 bits per heavy atom. The molecule has 0 radical (unpaired) electrons. The summed E-state index contributed by atoms with van der Waals surface area (Å²) >= 11 is 0. The second-order valence-corrected chi connectivity index (χ2v) is 14.1. The molecule has 4 atom stereocenters. The number of aliphatic hydroxyl groups is 1. The molecule has 1 fully saturated rings. The zero-order chi connectivity index (χ0) is 21.5. The van der Waals surface area contributed by atoms with Crippen molar-refractivity contribution in [3.05, 3.63) is 45.3 Å². The number of nitrogens with zero attached hydrogens (tertiary/aromatic N) is 1. The minimum atomic E-state index is -2.18. The van der Waals surface area contributed by atoms with Gasteiger partial charge in [-0.25, -0.2) is 4.79 Å². The summed E-state index contributed by atoms with van der Waals surface area (Å²) in [6, 6.07) is 0. The van der Waals surface area contributed by atoms with Gasteiger partial charge in [0.15, 0.2) is 8.32 Å². The second-order valence-electron chi connectivity index (χ2n) is 9.36. The van der Waals surface area contributed by atoms with Crippen LogP contribution in [0.3, 0.4) is 0 Å². The maximum absolute atomic E-state index is 12.4. The molecule has 1 aromatic heterocycles. The van der Waals surface area contributed by atoms with Gasteiger partial charge in [0.05, 0.1) is 12.7 Å². The van der Waals surface area contributed by atoms with Crippen molar-refractivity contribution >= 4 is 8.32 Å². The molecule has 0 aromatic carbocycles. The van der Waals surface area contributed by atoms with Crippen LogP contribution in [0.25, 0.3) is 0 Å². The number of aliphatic hydroxyl groups excluding tert-OH is 1. The van der Waals surface area contributed by atoms with E-state index < -0.39 is 37.5 Å². The molecule has 0 spiro atoms. The minimum absolute atomic E-state index is 0.0222. The van der Waals surface area contributed by atoms with E-state index in [1.165, 1.54) is 10.8 Å². The number of hydrogen-bond acceptors (Lipinski definition) is 5. The molecule has 1 aliphatic heterocycles. The number of aromatic nitrogens is 2. The maximum Gasteiger partial charge on any atom is 0.330 e. The number of rotatable bonds is 6. The molecule has 7 nitrogen and oxygen atoms in total. The number of hydrogen-bond donors (Lipinski definition) is 2. The van der Waals surface area contributed by atoms with Gasteiger partial charge >= 0.3 is 5.69 Å². The van der Waals surface area contributed by atoms with Gasteiger partial charge in [-0.05, 0) is 31.5 Å². The van der Waals surface area contributed by atoms with Crippen LogP contribution in [0, 0.1) is 12.8 Å². The van der Waals surface area contributed by atoms with Gasteiger partial charge in [0.2, 0.25) is 0 Å². The van der Waals surface area contributed by atoms with Crippen LogP contribution >= 0.6 is 0 Å². The third-order valence-electron chi connectivity index (χ3n) is 6.21. The third-order valence-corrected chi connectivity index (χ3v) is 10.7. The van der Waals surface area contributed by atoms with Gasteiger partial charge in [-0.3, -0.25) is 14.3 Å². The summed E-state index contributed by atoms with van der Waals surface area (Å²) in [5.41, 5.74) is -1.53. The van der Waals surface area contributed by atoms with Gasteiger partial charge in [0.1, 0.15) is 11.8 Å². The summed E-state index contributed by atoms with van der Waals surface area (Å²) in [6.07, 6.45) is 2.52. The van der Waals surface area contributed by atoms with Gasteiger partial charge in [-0.2, -0.15) is 0 Å². The lowest BCUT2D eigenvalue weighted by molar-refractivity contribution is -0.124. The van der Waals surface area contributed by atoms with Crippen molar-refractivity contribution < 1.29 is 14.3 Å². The molecule has 1 saturated heterocycles. The van der Waals surface area contributed by atoms with Gasteiger partial charge in [-0.1, -0.05) is 33.8 Å². The molecule has 0 bridgehead atoms. The van der Waals surface area contributed by atoms with Gasteiger partial charge < -0.3 is 14.3 Å². The monoisotopic (exact) mass is 410 g/mol. The van der Waals surface area contributed by atoms with E-state index in [2.05, 4.69) is 45.4 Å². The summed E-state index contributed by atoms with van der Waals surface area (Å²) in [5.74, 6) is -0.218. The highest BCUT2D eigenvalue weighted by Crippen LogP contribution is 2.48. The molecule has 0 aliphatic carbocycles. The molecule has 2 rings (SSSR count). The van der Waals surface area contributed by atoms with Crippen LogP contribution in [0.2, 0.25) is 18.1 Å². The summed E-state index contributed by atoms with van der Waals surface area (Å²) in [6.45, 7) is 17.9. The van der Waals surface area contributed by atoms with E-state index in [0.29, 0.717) is 12.0 Å². The van der Waals surface area contributed by atoms with Crippen molar-refractivity contribution in [2.75, 3.05) is 6.61 Å². The van der Waals surface area contributed by atoms with E-state index in [4.69, 9.17) is 9.16 Å². The highest BCUT2D eigenvalue weighted by Gasteiger charge is 2.56. The van der Waals surface area contributed by atoms with Gasteiger partial charge in [-0.15, -0.1) is 6.58 Å². The number of aryl methyl sites for hydroxylation is 1. The predicted octanol–water partition coefficient (Wildman–Crippen LogP) is 2.71. The van der Waals surface area contributed by atoms with Crippen molar-refractivity contribution in [1.82, 2.24) is 9.55 Å². The molecule has 0 saturated carbocycles. The predicted molar refractivity (Wildman–Crippen MR) is 112 cm³/mol. The lowest BCUT2D eigenvalue weighted by atomic mass is 9.88. The Morgan fingerprint density at radius 1 is 1.43 bits per heavy atom. The number of ether oxygens (including phenoxy) is 1. The quantitative estimate of drug-likeness (QED) is 0.555. The van der Waals surface area contributed by atoms with Crippen LogP contribution in [0.15, 0.2) is 28.4 Å². The fraction of sp³-hybridized carbons (Fsp3) is 0.700. The molecule has 8 heteroatoms. The first kappa shape index (κ1) is 22.8. The van der Waals surface area contributed by atoms with E-state index in [0.717, 1.165) is 0 Å². The average Bonchev–Trinajstić information content (AvgIpc) is 2.83. The third kappa shape index (κ3) is 3.96. The Morgan fingerprint density at radius 3 is 2.54 bits per heavy atom. The molecule has 0 amide bonds. The van der Waals surface area contributed by atoms with Crippen molar-refractivity contribution in [1.29, 1.82) is 0 Å². The summed E-state index contributed by atoms with van der Waals surface area (Å²) in [7, 11) is -2.18. The van der Waals surface area contributed by atoms with E-state index in [1.54, 1.807) is 13.0 Å². The summed E-state index contributed by atoms with van der Waals surface area (Å²) in [5, 5.41) is 10.3. The summed E-state index contributed by atoms with van der Waals surface area (Å²) in [4.78, 5) is 26.5. The normalized spacial score (nSPS) is 28.5. The Bertz CT molecular complexity index is 838. The van der Waals surface area contributed by atoms with Crippen LogP contribution in [-0.2, 0) is 9.16 Å². The average molecular weight is 411 g/mol. The van der Waals surface area contributed by atoms with Crippen LogP contribution in [0.1, 0.15) is 45.9 Å². The fourth-order valence-electron chi connectivity index (χ4n) is 3.44. The first-order valence-corrected chi connectivity index (χ1v) is 12.6.